The molecule has 0 N–H and O–H groups in total. The minimum absolute atomic E-state index is 0.0280. The van der Waals surface area contributed by atoms with Crippen LogP contribution >= 0.6 is 11.8 Å². The van der Waals surface area contributed by atoms with Gasteiger partial charge >= 0.3 is 0 Å². The molecule has 0 radical (unpaired) electrons. The summed E-state index contributed by atoms with van der Waals surface area (Å²) in [4.78, 5) is 19.5. The molecule has 1 amide bonds. The molecular weight excluding hydrogens is 352 g/mol. The maximum absolute atomic E-state index is 12.6. The van der Waals surface area contributed by atoms with Crippen molar-refractivity contribution in [2.45, 2.75) is 0 Å². The van der Waals surface area contributed by atoms with Crippen molar-refractivity contribution >= 4 is 34.6 Å². The third kappa shape index (κ3) is 3.86. The van der Waals surface area contributed by atoms with E-state index >= 15 is 0 Å². The third-order valence-electron chi connectivity index (χ3n) is 4.28. The van der Waals surface area contributed by atoms with Crippen LogP contribution < -0.4 is 0 Å². The Hall–Kier alpha value is -3.11. The fourth-order valence-corrected chi connectivity index (χ4v) is 3.84. The number of thioether (sulfide) groups is 1. The molecule has 0 atom stereocenters. The summed E-state index contributed by atoms with van der Waals surface area (Å²) in [6, 6.07) is 28.1. The molecule has 4 rings (SSSR count). The van der Waals surface area contributed by atoms with Gasteiger partial charge in [-0.25, -0.2) is 4.99 Å². The van der Waals surface area contributed by atoms with Crippen molar-refractivity contribution in [1.82, 2.24) is 4.90 Å². The number of nitrogens with zero attached hydrogens (tertiary/aromatic N) is 2. The SMILES string of the molecule is CN1C(=O)/C(=C/c2cccc(-c3ccccc3)c2)SC1=Nc1ccccc1. The molecule has 1 saturated heterocycles. The van der Waals surface area contributed by atoms with Crippen LogP contribution in [0.15, 0.2) is 94.8 Å². The Morgan fingerprint density at radius 2 is 1.52 bits per heavy atom. The van der Waals surface area contributed by atoms with E-state index < -0.39 is 0 Å². The van der Waals surface area contributed by atoms with Gasteiger partial charge in [0.25, 0.3) is 5.91 Å². The van der Waals surface area contributed by atoms with Crippen LogP contribution in [0.25, 0.3) is 17.2 Å². The molecule has 3 aromatic rings. The van der Waals surface area contributed by atoms with Crippen molar-refractivity contribution in [2.75, 3.05) is 7.05 Å². The largest absolute Gasteiger partial charge is 0.290 e. The first-order valence-corrected chi connectivity index (χ1v) is 9.49. The Morgan fingerprint density at radius 3 is 2.26 bits per heavy atom. The van der Waals surface area contributed by atoms with Gasteiger partial charge in [0.2, 0.25) is 0 Å². The number of hydrogen-bond acceptors (Lipinski definition) is 3. The molecule has 4 heteroatoms. The van der Waals surface area contributed by atoms with E-state index in [1.165, 1.54) is 11.8 Å². The van der Waals surface area contributed by atoms with Gasteiger partial charge in [-0.2, -0.15) is 0 Å². The number of amides is 1. The van der Waals surface area contributed by atoms with E-state index in [9.17, 15) is 4.79 Å². The zero-order chi connectivity index (χ0) is 18.6. The minimum atomic E-state index is -0.0280. The predicted molar refractivity (Wildman–Crippen MR) is 114 cm³/mol. The minimum Gasteiger partial charge on any atom is -0.290 e. The summed E-state index contributed by atoms with van der Waals surface area (Å²) < 4.78 is 0. The van der Waals surface area contributed by atoms with Gasteiger partial charge in [0.15, 0.2) is 5.17 Å². The van der Waals surface area contributed by atoms with Crippen molar-refractivity contribution in [2.24, 2.45) is 4.99 Å². The maximum Gasteiger partial charge on any atom is 0.266 e. The lowest BCUT2D eigenvalue weighted by Crippen LogP contribution is -2.23. The standard InChI is InChI=1S/C23H18N2OS/c1-25-22(26)21(27-23(25)24-20-13-6-3-7-14-20)16-17-9-8-12-19(15-17)18-10-4-2-5-11-18/h2-16H,1H3/b21-16-,24-23?. The average molecular weight is 370 g/mol. The first kappa shape index (κ1) is 17.3. The second-order valence-electron chi connectivity index (χ2n) is 6.20. The second kappa shape index (κ2) is 7.64. The molecule has 1 heterocycles. The molecule has 0 aliphatic carbocycles. The third-order valence-corrected chi connectivity index (χ3v) is 5.34. The highest BCUT2D eigenvalue weighted by molar-refractivity contribution is 8.18. The Balaban J connectivity index is 1.63. The van der Waals surface area contributed by atoms with Gasteiger partial charge in [-0.05, 0) is 52.7 Å². The predicted octanol–water partition coefficient (Wildman–Crippen LogP) is 5.59. The van der Waals surface area contributed by atoms with Crippen LogP contribution in [0.4, 0.5) is 5.69 Å². The molecule has 0 saturated carbocycles. The number of benzene rings is 3. The molecule has 3 aromatic carbocycles. The highest BCUT2D eigenvalue weighted by atomic mass is 32.2. The van der Waals surface area contributed by atoms with Gasteiger partial charge in [0.1, 0.15) is 0 Å². The Kier molecular flexibility index (Phi) is 4.90. The second-order valence-corrected chi connectivity index (χ2v) is 7.21. The van der Waals surface area contributed by atoms with Crippen molar-refractivity contribution in [3.05, 3.63) is 95.4 Å². The lowest BCUT2D eigenvalue weighted by Gasteiger charge is -2.06. The molecule has 3 nitrogen and oxygen atoms in total. The molecule has 0 spiro atoms. The molecular formula is C23H18N2OS. The zero-order valence-corrected chi connectivity index (χ0v) is 15.7. The first-order valence-electron chi connectivity index (χ1n) is 8.67. The van der Waals surface area contributed by atoms with E-state index in [1.54, 1.807) is 11.9 Å². The summed E-state index contributed by atoms with van der Waals surface area (Å²) in [5.74, 6) is -0.0280. The van der Waals surface area contributed by atoms with Gasteiger partial charge in [-0.1, -0.05) is 66.7 Å². The summed E-state index contributed by atoms with van der Waals surface area (Å²) in [5.41, 5.74) is 4.13. The molecule has 1 aliphatic heterocycles. The van der Waals surface area contributed by atoms with E-state index in [2.05, 4.69) is 29.3 Å². The monoisotopic (exact) mass is 370 g/mol. The summed E-state index contributed by atoms with van der Waals surface area (Å²) >= 11 is 1.41. The van der Waals surface area contributed by atoms with Crippen LogP contribution in [0.2, 0.25) is 0 Å². The molecule has 27 heavy (non-hydrogen) atoms. The fraction of sp³-hybridized carbons (Fsp3) is 0.0435. The van der Waals surface area contributed by atoms with Gasteiger partial charge in [0.05, 0.1) is 10.6 Å². The number of rotatable bonds is 3. The summed E-state index contributed by atoms with van der Waals surface area (Å²) in [7, 11) is 1.76. The van der Waals surface area contributed by atoms with Gasteiger partial charge in [0, 0.05) is 7.05 Å². The van der Waals surface area contributed by atoms with E-state index in [-0.39, 0.29) is 5.91 Å². The summed E-state index contributed by atoms with van der Waals surface area (Å²) in [6.07, 6.45) is 1.93. The van der Waals surface area contributed by atoms with E-state index in [0.717, 1.165) is 22.4 Å². The molecule has 132 valence electrons. The van der Waals surface area contributed by atoms with Crippen LogP contribution in [-0.4, -0.2) is 23.0 Å². The summed E-state index contributed by atoms with van der Waals surface area (Å²) in [6.45, 7) is 0. The molecule has 1 fully saturated rings. The smallest absolute Gasteiger partial charge is 0.266 e. The zero-order valence-electron chi connectivity index (χ0n) is 14.9. The van der Waals surface area contributed by atoms with E-state index in [4.69, 9.17) is 0 Å². The van der Waals surface area contributed by atoms with Crippen molar-refractivity contribution < 1.29 is 4.79 Å². The number of carbonyl (C=O) groups is 1. The van der Waals surface area contributed by atoms with Gasteiger partial charge < -0.3 is 0 Å². The van der Waals surface area contributed by atoms with Crippen LogP contribution in [0.1, 0.15) is 5.56 Å². The van der Waals surface area contributed by atoms with Crippen LogP contribution in [0, 0.1) is 0 Å². The Labute approximate surface area is 163 Å². The number of hydrogen-bond donors (Lipinski definition) is 0. The van der Waals surface area contributed by atoms with Crippen molar-refractivity contribution in [3.63, 3.8) is 0 Å². The van der Waals surface area contributed by atoms with Gasteiger partial charge in [-0.15, -0.1) is 0 Å². The normalized spacial score (nSPS) is 17.1. The Bertz CT molecular complexity index is 1030. The van der Waals surface area contributed by atoms with Crippen molar-refractivity contribution in [3.8, 4) is 11.1 Å². The Morgan fingerprint density at radius 1 is 0.852 bits per heavy atom. The quantitative estimate of drug-likeness (QED) is 0.563. The number of likely N-dealkylation sites (N-methyl/N-ethyl adjacent to an activating group) is 1. The molecule has 0 aromatic heterocycles. The van der Waals surface area contributed by atoms with E-state index in [1.807, 2.05) is 66.7 Å². The van der Waals surface area contributed by atoms with Crippen molar-refractivity contribution in [1.29, 1.82) is 0 Å². The fourth-order valence-electron chi connectivity index (χ4n) is 2.85. The molecule has 0 bridgehead atoms. The molecule has 1 aliphatic rings. The summed E-state index contributed by atoms with van der Waals surface area (Å²) in [5, 5.41) is 0.691. The number of amidine groups is 1. The molecule has 0 unspecified atom stereocenters. The van der Waals surface area contributed by atoms with Crippen LogP contribution in [0.3, 0.4) is 0 Å². The lowest BCUT2D eigenvalue weighted by atomic mass is 10.0. The topological polar surface area (TPSA) is 32.7 Å². The highest BCUT2D eigenvalue weighted by Crippen LogP contribution is 2.33. The van der Waals surface area contributed by atoms with Gasteiger partial charge in [-0.3, -0.25) is 9.69 Å². The number of carbonyl (C=O) groups excluding carboxylic acids is 1. The van der Waals surface area contributed by atoms with Crippen LogP contribution in [-0.2, 0) is 4.79 Å². The maximum atomic E-state index is 12.6. The average Bonchev–Trinajstić information content (AvgIpc) is 2.97. The van der Waals surface area contributed by atoms with Crippen LogP contribution in [0.5, 0.6) is 0 Å². The van der Waals surface area contributed by atoms with E-state index in [0.29, 0.717) is 10.1 Å². The number of aliphatic imine (C=N–C) groups is 1. The lowest BCUT2D eigenvalue weighted by molar-refractivity contribution is -0.121. The number of para-hydroxylation sites is 1. The highest BCUT2D eigenvalue weighted by Gasteiger charge is 2.30. The first-order chi connectivity index (χ1) is 13.2.